The van der Waals surface area contributed by atoms with Gasteiger partial charge in [0.05, 0.1) is 31.6 Å². The SMILES string of the molecule is CCCSc1ccccc1NC(=O)NCC1COCCO1. The predicted molar refractivity (Wildman–Crippen MR) is 85.0 cm³/mol. The van der Waals surface area contributed by atoms with Gasteiger partial charge >= 0.3 is 6.03 Å². The Morgan fingerprint density at radius 3 is 3.00 bits per heavy atom. The van der Waals surface area contributed by atoms with Crippen LogP contribution in [0.15, 0.2) is 29.2 Å². The van der Waals surface area contributed by atoms with Gasteiger partial charge in [0.1, 0.15) is 0 Å². The molecule has 2 amide bonds. The molecule has 1 aromatic rings. The van der Waals surface area contributed by atoms with Crippen LogP contribution in [0.3, 0.4) is 0 Å². The molecule has 2 N–H and O–H groups in total. The molecule has 0 bridgehead atoms. The molecule has 1 aliphatic rings. The van der Waals surface area contributed by atoms with Crippen molar-refractivity contribution in [2.75, 3.05) is 37.4 Å². The van der Waals surface area contributed by atoms with E-state index in [1.165, 1.54) is 0 Å². The second kappa shape index (κ2) is 8.92. The molecule has 1 fully saturated rings. The van der Waals surface area contributed by atoms with Crippen LogP contribution in [0.4, 0.5) is 10.5 Å². The summed E-state index contributed by atoms with van der Waals surface area (Å²) in [6.07, 6.45) is 1.04. The molecule has 0 saturated carbocycles. The van der Waals surface area contributed by atoms with Crippen molar-refractivity contribution in [2.24, 2.45) is 0 Å². The number of amides is 2. The van der Waals surface area contributed by atoms with Crippen LogP contribution in [0.2, 0.25) is 0 Å². The highest BCUT2D eigenvalue weighted by atomic mass is 32.2. The maximum absolute atomic E-state index is 12.0. The summed E-state index contributed by atoms with van der Waals surface area (Å²) in [7, 11) is 0. The smallest absolute Gasteiger partial charge is 0.319 e. The van der Waals surface area contributed by atoms with Crippen LogP contribution in [-0.4, -0.2) is 44.3 Å². The van der Waals surface area contributed by atoms with Crippen LogP contribution in [0.25, 0.3) is 0 Å². The van der Waals surface area contributed by atoms with Crippen molar-refractivity contribution in [2.45, 2.75) is 24.3 Å². The number of anilines is 1. The average Bonchev–Trinajstić information content (AvgIpc) is 2.53. The summed E-state index contributed by atoms with van der Waals surface area (Å²) in [6.45, 7) is 4.34. The highest BCUT2D eigenvalue weighted by molar-refractivity contribution is 7.99. The topological polar surface area (TPSA) is 59.6 Å². The molecular weight excluding hydrogens is 288 g/mol. The van der Waals surface area contributed by atoms with Gasteiger partial charge in [0.2, 0.25) is 0 Å². The first-order valence-corrected chi connectivity index (χ1v) is 8.24. The molecule has 0 aliphatic carbocycles. The van der Waals surface area contributed by atoms with Crippen LogP contribution in [-0.2, 0) is 9.47 Å². The second-order valence-corrected chi connectivity index (χ2v) is 5.88. The van der Waals surface area contributed by atoms with Crippen molar-refractivity contribution in [1.29, 1.82) is 0 Å². The van der Waals surface area contributed by atoms with Gasteiger partial charge in [0.15, 0.2) is 0 Å². The van der Waals surface area contributed by atoms with E-state index in [0.717, 1.165) is 22.8 Å². The monoisotopic (exact) mass is 310 g/mol. The average molecular weight is 310 g/mol. The fourth-order valence-electron chi connectivity index (χ4n) is 1.94. The summed E-state index contributed by atoms with van der Waals surface area (Å²) in [5.74, 6) is 1.04. The molecule has 0 aromatic heterocycles. The molecule has 116 valence electrons. The van der Waals surface area contributed by atoms with Gasteiger partial charge in [-0.15, -0.1) is 11.8 Å². The molecule has 1 unspecified atom stereocenters. The molecule has 1 heterocycles. The minimum Gasteiger partial charge on any atom is -0.376 e. The van der Waals surface area contributed by atoms with Gasteiger partial charge in [-0.1, -0.05) is 19.1 Å². The summed E-state index contributed by atoms with van der Waals surface area (Å²) < 4.78 is 10.8. The number of thioether (sulfide) groups is 1. The lowest BCUT2D eigenvalue weighted by molar-refractivity contribution is -0.0852. The number of nitrogens with one attached hydrogen (secondary N) is 2. The minimum atomic E-state index is -0.214. The highest BCUT2D eigenvalue weighted by Crippen LogP contribution is 2.27. The highest BCUT2D eigenvalue weighted by Gasteiger charge is 2.15. The lowest BCUT2D eigenvalue weighted by Crippen LogP contribution is -2.41. The Morgan fingerprint density at radius 2 is 2.24 bits per heavy atom. The summed E-state index contributed by atoms with van der Waals surface area (Å²) in [5.41, 5.74) is 0.842. The van der Waals surface area contributed by atoms with E-state index >= 15 is 0 Å². The zero-order valence-corrected chi connectivity index (χ0v) is 13.1. The van der Waals surface area contributed by atoms with Crippen molar-refractivity contribution < 1.29 is 14.3 Å². The maximum Gasteiger partial charge on any atom is 0.319 e. The zero-order chi connectivity index (χ0) is 14.9. The number of para-hydroxylation sites is 1. The molecule has 2 rings (SSSR count). The lowest BCUT2D eigenvalue weighted by atomic mass is 10.3. The fraction of sp³-hybridized carbons (Fsp3) is 0.533. The fourth-order valence-corrected chi connectivity index (χ4v) is 2.81. The third-order valence-corrected chi connectivity index (χ3v) is 4.25. The van der Waals surface area contributed by atoms with Gasteiger partial charge in [-0.3, -0.25) is 0 Å². The lowest BCUT2D eigenvalue weighted by Gasteiger charge is -2.23. The zero-order valence-electron chi connectivity index (χ0n) is 12.3. The van der Waals surface area contributed by atoms with E-state index in [0.29, 0.717) is 26.4 Å². The Kier molecular flexibility index (Phi) is 6.85. The molecule has 1 aromatic carbocycles. The van der Waals surface area contributed by atoms with Gasteiger partial charge in [0, 0.05) is 11.4 Å². The van der Waals surface area contributed by atoms with Crippen molar-refractivity contribution >= 4 is 23.5 Å². The molecule has 1 aliphatic heterocycles. The first-order valence-electron chi connectivity index (χ1n) is 7.25. The third-order valence-electron chi connectivity index (χ3n) is 2.97. The first kappa shape index (κ1) is 16.1. The molecule has 21 heavy (non-hydrogen) atoms. The summed E-state index contributed by atoms with van der Waals surface area (Å²) >= 11 is 1.75. The molecule has 1 saturated heterocycles. The van der Waals surface area contributed by atoms with Crippen molar-refractivity contribution in [1.82, 2.24) is 5.32 Å². The van der Waals surface area contributed by atoms with E-state index in [9.17, 15) is 4.79 Å². The summed E-state index contributed by atoms with van der Waals surface area (Å²) in [4.78, 5) is 13.0. The Hall–Kier alpha value is -1.24. The van der Waals surface area contributed by atoms with Crippen molar-refractivity contribution in [3.05, 3.63) is 24.3 Å². The van der Waals surface area contributed by atoms with Crippen molar-refractivity contribution in [3.8, 4) is 0 Å². The van der Waals surface area contributed by atoms with Gasteiger partial charge < -0.3 is 20.1 Å². The normalized spacial score (nSPS) is 18.2. The molecule has 0 spiro atoms. The van der Waals surface area contributed by atoms with E-state index in [1.54, 1.807) is 11.8 Å². The Morgan fingerprint density at radius 1 is 1.38 bits per heavy atom. The number of rotatable bonds is 6. The number of benzene rings is 1. The Labute approximate surface area is 129 Å². The predicted octanol–water partition coefficient (Wildman–Crippen LogP) is 2.73. The van der Waals surface area contributed by atoms with E-state index in [-0.39, 0.29) is 12.1 Å². The first-order chi connectivity index (χ1) is 10.3. The molecule has 0 radical (unpaired) electrons. The molecule has 1 atom stereocenters. The number of carbonyl (C=O) groups excluding carboxylic acids is 1. The van der Waals surface area contributed by atoms with Crippen LogP contribution < -0.4 is 10.6 Å². The second-order valence-electron chi connectivity index (χ2n) is 4.75. The molecular formula is C15H22N2O3S. The quantitative estimate of drug-likeness (QED) is 0.793. The summed E-state index contributed by atoms with van der Waals surface area (Å²) in [5, 5.41) is 5.71. The Bertz CT molecular complexity index is 450. The van der Waals surface area contributed by atoms with Crippen LogP contribution in [0, 0.1) is 0 Å². The standard InChI is InChI=1S/C15H22N2O3S/c1-2-9-21-14-6-4-3-5-13(14)17-15(18)16-10-12-11-19-7-8-20-12/h3-6,12H,2,7-11H2,1H3,(H2,16,17,18). The van der Waals surface area contributed by atoms with E-state index in [2.05, 4.69) is 17.6 Å². The van der Waals surface area contributed by atoms with E-state index in [4.69, 9.17) is 9.47 Å². The van der Waals surface area contributed by atoms with E-state index < -0.39 is 0 Å². The number of hydrogen-bond acceptors (Lipinski definition) is 4. The van der Waals surface area contributed by atoms with Gasteiger partial charge in [-0.05, 0) is 24.3 Å². The van der Waals surface area contributed by atoms with Crippen molar-refractivity contribution in [3.63, 3.8) is 0 Å². The molecule has 6 heteroatoms. The summed E-state index contributed by atoms with van der Waals surface area (Å²) in [6, 6.07) is 7.62. The number of hydrogen-bond donors (Lipinski definition) is 2. The number of carbonyl (C=O) groups is 1. The number of urea groups is 1. The minimum absolute atomic E-state index is 0.0609. The van der Waals surface area contributed by atoms with E-state index in [1.807, 2.05) is 24.3 Å². The molecule has 5 nitrogen and oxygen atoms in total. The van der Waals surface area contributed by atoms with Crippen LogP contribution in [0.5, 0.6) is 0 Å². The largest absolute Gasteiger partial charge is 0.376 e. The van der Waals surface area contributed by atoms with Crippen LogP contribution in [0.1, 0.15) is 13.3 Å². The third kappa shape index (κ3) is 5.57. The Balaban J connectivity index is 1.81. The van der Waals surface area contributed by atoms with Gasteiger partial charge in [0.25, 0.3) is 0 Å². The maximum atomic E-state index is 12.0. The van der Waals surface area contributed by atoms with Gasteiger partial charge in [-0.2, -0.15) is 0 Å². The number of ether oxygens (including phenoxy) is 2. The van der Waals surface area contributed by atoms with Crippen LogP contribution >= 0.6 is 11.8 Å². The van der Waals surface area contributed by atoms with Gasteiger partial charge in [-0.25, -0.2) is 4.79 Å².